The largest absolute Gasteiger partial charge is 0.490 e. The monoisotopic (exact) mass is 507 g/mol. The summed E-state index contributed by atoms with van der Waals surface area (Å²) in [5, 5.41) is 16.4. The third-order valence-corrected chi connectivity index (χ3v) is 6.04. The number of nitrogens with one attached hydrogen (secondary N) is 1. The number of anilines is 2. The molecule has 1 saturated heterocycles. The van der Waals surface area contributed by atoms with E-state index in [0.29, 0.717) is 18.8 Å². The Morgan fingerprint density at radius 2 is 1.59 bits per heavy atom. The van der Waals surface area contributed by atoms with Crippen LogP contribution in [0.1, 0.15) is 10.4 Å². The van der Waals surface area contributed by atoms with E-state index >= 15 is 0 Å². The lowest BCUT2D eigenvalue weighted by molar-refractivity contribution is -0.192. The molecule has 3 rings (SSSR count). The smallest absolute Gasteiger partial charge is 0.478 e. The SMILES string of the molecule is CN1CCN(c2ccc(C(=O)O)cc2NS(=O)(=O)c2cccc(F)c2)CC1.O=C(O)C(F)(F)F. The zero-order chi connectivity index (χ0) is 25.7. The second-order valence-electron chi connectivity index (χ2n) is 7.19. The van der Waals surface area contributed by atoms with Crippen molar-refractivity contribution in [3.63, 3.8) is 0 Å². The first kappa shape index (κ1) is 26.9. The fourth-order valence-electron chi connectivity index (χ4n) is 2.91. The van der Waals surface area contributed by atoms with Gasteiger partial charge in [-0.25, -0.2) is 22.4 Å². The van der Waals surface area contributed by atoms with Crippen molar-refractivity contribution < 1.29 is 45.8 Å². The van der Waals surface area contributed by atoms with Gasteiger partial charge in [0.2, 0.25) is 0 Å². The van der Waals surface area contributed by atoms with E-state index in [-0.39, 0.29) is 16.1 Å². The summed E-state index contributed by atoms with van der Waals surface area (Å²) in [6.45, 7) is 2.96. The van der Waals surface area contributed by atoms with Gasteiger partial charge in [-0.3, -0.25) is 4.72 Å². The quantitative estimate of drug-likeness (QED) is 0.528. The Morgan fingerprint density at radius 3 is 2.09 bits per heavy atom. The fourth-order valence-corrected chi connectivity index (χ4v) is 4.01. The molecule has 0 aromatic heterocycles. The Kier molecular flexibility index (Phi) is 8.45. The Bertz CT molecular complexity index is 1150. The van der Waals surface area contributed by atoms with E-state index in [1.807, 2.05) is 11.9 Å². The number of hydrogen-bond acceptors (Lipinski definition) is 6. The number of sulfonamides is 1. The third kappa shape index (κ3) is 7.31. The second kappa shape index (κ2) is 10.7. The molecule has 0 unspecified atom stereocenters. The maximum Gasteiger partial charge on any atom is 0.490 e. The van der Waals surface area contributed by atoms with Crippen LogP contribution in [-0.4, -0.2) is 74.9 Å². The van der Waals surface area contributed by atoms with E-state index < -0.39 is 34.0 Å². The van der Waals surface area contributed by atoms with Gasteiger partial charge < -0.3 is 20.0 Å². The average molecular weight is 507 g/mol. The first-order chi connectivity index (χ1) is 15.7. The lowest BCUT2D eigenvalue weighted by Gasteiger charge is -2.35. The van der Waals surface area contributed by atoms with Crippen LogP contribution in [-0.2, 0) is 14.8 Å². The lowest BCUT2D eigenvalue weighted by atomic mass is 10.1. The number of aliphatic carboxylic acids is 1. The topological polar surface area (TPSA) is 127 Å². The molecule has 1 aliphatic rings. The van der Waals surface area contributed by atoms with Gasteiger partial charge in [-0.1, -0.05) is 6.07 Å². The number of aromatic carboxylic acids is 1. The van der Waals surface area contributed by atoms with E-state index in [9.17, 15) is 35.9 Å². The van der Waals surface area contributed by atoms with Crippen LogP contribution in [0.4, 0.5) is 28.9 Å². The number of alkyl halides is 3. The van der Waals surface area contributed by atoms with Crippen molar-refractivity contribution in [1.82, 2.24) is 4.90 Å². The average Bonchev–Trinajstić information content (AvgIpc) is 2.74. The summed E-state index contributed by atoms with van der Waals surface area (Å²) in [4.78, 5) is 24.1. The van der Waals surface area contributed by atoms with Gasteiger partial charge in [-0.2, -0.15) is 13.2 Å². The summed E-state index contributed by atoms with van der Waals surface area (Å²) in [6.07, 6.45) is -5.08. The lowest BCUT2D eigenvalue weighted by Crippen LogP contribution is -2.44. The van der Waals surface area contributed by atoms with Crippen molar-refractivity contribution in [2.45, 2.75) is 11.1 Å². The summed E-state index contributed by atoms with van der Waals surface area (Å²) < 4.78 is 72.9. The minimum atomic E-state index is -5.08. The van der Waals surface area contributed by atoms with Crippen molar-refractivity contribution in [3.05, 3.63) is 53.8 Å². The third-order valence-electron chi connectivity index (χ3n) is 4.68. The van der Waals surface area contributed by atoms with E-state index in [2.05, 4.69) is 9.62 Å². The zero-order valence-electron chi connectivity index (χ0n) is 17.7. The number of benzene rings is 2. The molecular formula is C20H21F4N3O6S. The van der Waals surface area contributed by atoms with Crippen LogP contribution >= 0.6 is 0 Å². The van der Waals surface area contributed by atoms with Crippen LogP contribution in [0.25, 0.3) is 0 Å². The number of carboxylic acids is 2. The molecule has 14 heteroatoms. The van der Waals surface area contributed by atoms with Gasteiger partial charge in [-0.15, -0.1) is 0 Å². The predicted octanol–water partition coefficient (Wildman–Crippen LogP) is 2.71. The summed E-state index contributed by atoms with van der Waals surface area (Å²) in [5.41, 5.74) is 0.710. The molecular weight excluding hydrogens is 486 g/mol. The normalized spacial score (nSPS) is 14.7. The highest BCUT2D eigenvalue weighted by Crippen LogP contribution is 2.30. The Hall–Kier alpha value is -3.39. The maximum absolute atomic E-state index is 13.4. The maximum atomic E-state index is 13.4. The van der Waals surface area contributed by atoms with Gasteiger partial charge in [0.25, 0.3) is 10.0 Å². The van der Waals surface area contributed by atoms with Crippen LogP contribution in [0.15, 0.2) is 47.4 Å². The first-order valence-electron chi connectivity index (χ1n) is 9.60. The van der Waals surface area contributed by atoms with Crippen molar-refractivity contribution >= 4 is 33.3 Å². The van der Waals surface area contributed by atoms with E-state index in [1.165, 1.54) is 24.3 Å². The first-order valence-corrected chi connectivity index (χ1v) is 11.1. The number of nitrogens with zero attached hydrogens (tertiary/aromatic N) is 2. The predicted molar refractivity (Wildman–Crippen MR) is 114 cm³/mol. The van der Waals surface area contributed by atoms with Crippen molar-refractivity contribution in [2.24, 2.45) is 0 Å². The van der Waals surface area contributed by atoms with Crippen LogP contribution in [0.2, 0.25) is 0 Å². The molecule has 1 heterocycles. The Balaban J connectivity index is 0.000000509. The highest BCUT2D eigenvalue weighted by Gasteiger charge is 2.38. The molecule has 0 bridgehead atoms. The number of carboxylic acid groups (broad SMARTS) is 2. The van der Waals surface area contributed by atoms with Gasteiger partial charge in [0.1, 0.15) is 5.82 Å². The molecule has 186 valence electrons. The zero-order valence-corrected chi connectivity index (χ0v) is 18.5. The van der Waals surface area contributed by atoms with Gasteiger partial charge in [0, 0.05) is 26.2 Å². The summed E-state index contributed by atoms with van der Waals surface area (Å²) in [5.74, 6) is -4.59. The molecule has 2 aromatic carbocycles. The molecule has 34 heavy (non-hydrogen) atoms. The molecule has 9 nitrogen and oxygen atoms in total. The minimum absolute atomic E-state index is 0.0372. The van der Waals surface area contributed by atoms with Gasteiger partial charge in [0.05, 0.1) is 21.8 Å². The standard InChI is InChI=1S/C18H20FN3O4S.C2HF3O2/c1-21-7-9-22(10-8-21)17-6-5-13(18(23)24)11-16(17)20-27(25,26)15-4-2-3-14(19)12-15;3-2(4,5)1(6)7/h2-6,11-12,20H,7-10H2,1H3,(H,23,24);(H,6,7). The van der Waals surface area contributed by atoms with Crippen molar-refractivity contribution in [3.8, 4) is 0 Å². The van der Waals surface area contributed by atoms with Gasteiger partial charge >= 0.3 is 18.1 Å². The number of carbonyl (C=O) groups is 2. The molecule has 0 amide bonds. The van der Waals surface area contributed by atoms with E-state index in [4.69, 9.17) is 9.90 Å². The highest BCUT2D eigenvalue weighted by atomic mass is 32.2. The van der Waals surface area contributed by atoms with Crippen LogP contribution < -0.4 is 9.62 Å². The number of hydrogen-bond donors (Lipinski definition) is 3. The molecule has 1 aliphatic heterocycles. The number of rotatable bonds is 5. The molecule has 1 fully saturated rings. The van der Waals surface area contributed by atoms with Crippen LogP contribution in [0.5, 0.6) is 0 Å². The molecule has 0 spiro atoms. The molecule has 0 saturated carbocycles. The van der Waals surface area contributed by atoms with Gasteiger partial charge in [-0.05, 0) is 43.4 Å². The summed E-state index contributed by atoms with van der Waals surface area (Å²) >= 11 is 0. The molecule has 2 aromatic rings. The van der Waals surface area contributed by atoms with Gasteiger partial charge in [0.15, 0.2) is 0 Å². The van der Waals surface area contributed by atoms with Crippen molar-refractivity contribution in [2.75, 3.05) is 42.8 Å². The number of halogens is 4. The number of likely N-dealkylation sites (N-methyl/N-ethyl adjacent to an activating group) is 1. The van der Waals surface area contributed by atoms with E-state index in [0.717, 1.165) is 25.2 Å². The fraction of sp³-hybridized carbons (Fsp3) is 0.300. The Morgan fingerprint density at radius 1 is 1.00 bits per heavy atom. The summed E-state index contributed by atoms with van der Waals surface area (Å²) in [7, 11) is -2.07. The number of piperazine rings is 1. The molecule has 3 N–H and O–H groups in total. The second-order valence-corrected chi connectivity index (χ2v) is 8.88. The van der Waals surface area contributed by atoms with Crippen LogP contribution in [0, 0.1) is 5.82 Å². The highest BCUT2D eigenvalue weighted by molar-refractivity contribution is 7.92. The molecule has 0 atom stereocenters. The minimum Gasteiger partial charge on any atom is -0.478 e. The Labute approximate surface area is 192 Å². The summed E-state index contributed by atoms with van der Waals surface area (Å²) in [6, 6.07) is 8.97. The molecule has 0 radical (unpaired) electrons. The van der Waals surface area contributed by atoms with E-state index in [1.54, 1.807) is 6.07 Å². The molecule has 0 aliphatic carbocycles. The van der Waals surface area contributed by atoms with Crippen molar-refractivity contribution in [1.29, 1.82) is 0 Å². The van der Waals surface area contributed by atoms with Crippen LogP contribution in [0.3, 0.4) is 0 Å².